The molecule has 0 spiro atoms. The highest BCUT2D eigenvalue weighted by Gasteiger charge is 2.32. The van der Waals surface area contributed by atoms with Gasteiger partial charge in [-0.1, -0.05) is 38.7 Å². The largest absolute Gasteiger partial charge is 0.352 e. The van der Waals surface area contributed by atoms with Crippen molar-refractivity contribution in [3.63, 3.8) is 0 Å². The number of carbonyl (C=O) groups excluding carboxylic acids is 2. The number of hydrogen-bond donors (Lipinski definition) is 1. The zero-order valence-corrected chi connectivity index (χ0v) is 20.2. The van der Waals surface area contributed by atoms with E-state index in [-0.39, 0.29) is 35.0 Å². The van der Waals surface area contributed by atoms with E-state index < -0.39 is 5.43 Å². The first-order valence-electron chi connectivity index (χ1n) is 12.8. The average Bonchev–Trinajstić information content (AvgIpc) is 2.89. The summed E-state index contributed by atoms with van der Waals surface area (Å²) >= 11 is 0. The molecule has 2 aromatic rings. The lowest BCUT2D eigenvalue weighted by Crippen LogP contribution is -2.42. The standard InChI is InChI=1S/C27H36N4O3/c1-2-3-15-29-26(33)22-18-30(21-11-5-4-6-12-21)19-23(25(22)32)27(34)31-16-8-7-13-24(31)20-10-9-14-28-17-20/h9-10,14,17-19,21,24H,2-8,11-13,15-16H2,1H3,(H,29,33)/t24-/m0/s1. The van der Waals surface area contributed by atoms with Gasteiger partial charge < -0.3 is 14.8 Å². The molecule has 0 bridgehead atoms. The third-order valence-electron chi connectivity index (χ3n) is 7.17. The Kier molecular flexibility index (Phi) is 8.14. The molecule has 2 amide bonds. The molecule has 7 heteroatoms. The number of pyridine rings is 2. The molecular formula is C27H36N4O3. The van der Waals surface area contributed by atoms with Crippen molar-refractivity contribution in [2.75, 3.05) is 13.1 Å². The Morgan fingerprint density at radius 1 is 1.06 bits per heavy atom. The lowest BCUT2D eigenvalue weighted by molar-refractivity contribution is 0.0608. The maximum Gasteiger partial charge on any atom is 0.259 e. The van der Waals surface area contributed by atoms with Crippen LogP contribution in [0.15, 0.2) is 41.7 Å². The van der Waals surface area contributed by atoms with Crippen LogP contribution in [0.4, 0.5) is 0 Å². The minimum atomic E-state index is -0.471. The first-order chi connectivity index (χ1) is 16.6. The SMILES string of the molecule is CCCCNC(=O)c1cn(C2CCCCC2)cc(C(=O)N2CCCC[C@H]2c2cccnc2)c1=O. The normalized spacial score (nSPS) is 19.1. The molecule has 1 atom stereocenters. The van der Waals surface area contributed by atoms with Crippen molar-refractivity contribution in [2.45, 2.75) is 83.2 Å². The van der Waals surface area contributed by atoms with E-state index in [0.717, 1.165) is 63.4 Å². The molecule has 2 fully saturated rings. The Labute approximate surface area is 201 Å². The van der Waals surface area contributed by atoms with Crippen molar-refractivity contribution in [2.24, 2.45) is 0 Å². The molecular weight excluding hydrogens is 428 g/mol. The molecule has 3 heterocycles. The van der Waals surface area contributed by atoms with E-state index >= 15 is 0 Å². The average molecular weight is 465 g/mol. The summed E-state index contributed by atoms with van der Waals surface area (Å²) in [6.45, 7) is 3.17. The third-order valence-corrected chi connectivity index (χ3v) is 7.17. The van der Waals surface area contributed by atoms with Gasteiger partial charge in [0.2, 0.25) is 5.43 Å². The van der Waals surface area contributed by atoms with Crippen molar-refractivity contribution < 1.29 is 9.59 Å². The third kappa shape index (κ3) is 5.40. The highest BCUT2D eigenvalue weighted by Crippen LogP contribution is 2.32. The topological polar surface area (TPSA) is 84.3 Å². The van der Waals surface area contributed by atoms with Gasteiger partial charge in [-0.25, -0.2) is 0 Å². The van der Waals surface area contributed by atoms with Crippen LogP contribution in [0.3, 0.4) is 0 Å². The Bertz CT molecular complexity index is 1040. The van der Waals surface area contributed by atoms with E-state index in [1.165, 1.54) is 6.42 Å². The quantitative estimate of drug-likeness (QED) is 0.605. The number of likely N-dealkylation sites (tertiary alicyclic amines) is 1. The van der Waals surface area contributed by atoms with Gasteiger partial charge in [-0.2, -0.15) is 0 Å². The fraction of sp³-hybridized carbons (Fsp3) is 0.556. The molecule has 182 valence electrons. The molecule has 1 saturated carbocycles. The summed E-state index contributed by atoms with van der Waals surface area (Å²) in [4.78, 5) is 46.3. The van der Waals surface area contributed by atoms with Gasteiger partial charge in [-0.05, 0) is 50.2 Å². The molecule has 2 aliphatic rings. The van der Waals surface area contributed by atoms with E-state index in [1.54, 1.807) is 29.7 Å². The maximum atomic E-state index is 13.8. The van der Waals surface area contributed by atoms with Crippen LogP contribution in [-0.4, -0.2) is 39.4 Å². The fourth-order valence-electron chi connectivity index (χ4n) is 5.22. The number of nitrogens with one attached hydrogen (secondary N) is 1. The number of aromatic nitrogens is 2. The molecule has 0 aromatic carbocycles. The number of hydrogen-bond acceptors (Lipinski definition) is 4. The van der Waals surface area contributed by atoms with Crippen LogP contribution in [-0.2, 0) is 0 Å². The molecule has 1 aliphatic carbocycles. The number of unbranched alkanes of at least 4 members (excludes halogenated alkanes) is 1. The number of piperidine rings is 1. The summed E-state index contributed by atoms with van der Waals surface area (Å²) in [5.41, 5.74) is 0.685. The Morgan fingerprint density at radius 3 is 2.56 bits per heavy atom. The van der Waals surface area contributed by atoms with Crippen LogP contribution >= 0.6 is 0 Å². The van der Waals surface area contributed by atoms with E-state index in [0.29, 0.717) is 13.1 Å². The maximum absolute atomic E-state index is 13.8. The molecule has 7 nitrogen and oxygen atoms in total. The van der Waals surface area contributed by atoms with Gasteiger partial charge in [0.25, 0.3) is 11.8 Å². The van der Waals surface area contributed by atoms with E-state index in [9.17, 15) is 14.4 Å². The van der Waals surface area contributed by atoms with E-state index in [1.807, 2.05) is 16.7 Å². The summed E-state index contributed by atoms with van der Waals surface area (Å²) in [6, 6.07) is 3.96. The highest BCUT2D eigenvalue weighted by atomic mass is 16.2. The van der Waals surface area contributed by atoms with Gasteiger partial charge in [-0.15, -0.1) is 0 Å². The van der Waals surface area contributed by atoms with E-state index in [4.69, 9.17) is 0 Å². The second-order valence-corrected chi connectivity index (χ2v) is 9.56. The minimum absolute atomic E-state index is 0.0717. The predicted octanol–water partition coefficient (Wildman–Crippen LogP) is 4.65. The number of carbonyl (C=O) groups is 2. The summed E-state index contributed by atoms with van der Waals surface area (Å²) in [7, 11) is 0. The molecule has 2 aromatic heterocycles. The Hall–Kier alpha value is -2.96. The highest BCUT2D eigenvalue weighted by molar-refractivity contribution is 5.99. The summed E-state index contributed by atoms with van der Waals surface area (Å²) in [6.07, 6.45) is 16.9. The molecule has 1 N–H and O–H groups in total. The number of amides is 2. The second-order valence-electron chi connectivity index (χ2n) is 9.56. The lowest BCUT2D eigenvalue weighted by Gasteiger charge is -2.36. The zero-order valence-electron chi connectivity index (χ0n) is 20.2. The van der Waals surface area contributed by atoms with Crippen LogP contribution in [0.1, 0.15) is 109 Å². The fourth-order valence-corrected chi connectivity index (χ4v) is 5.22. The van der Waals surface area contributed by atoms with Gasteiger partial charge in [0.05, 0.1) is 6.04 Å². The number of rotatable bonds is 7. The van der Waals surface area contributed by atoms with Gasteiger partial charge >= 0.3 is 0 Å². The monoisotopic (exact) mass is 464 g/mol. The molecule has 0 unspecified atom stereocenters. The first-order valence-corrected chi connectivity index (χ1v) is 12.8. The van der Waals surface area contributed by atoms with Crippen LogP contribution in [0.25, 0.3) is 0 Å². The second kappa shape index (κ2) is 11.4. The lowest BCUT2D eigenvalue weighted by atomic mass is 9.94. The Balaban J connectivity index is 1.71. The smallest absolute Gasteiger partial charge is 0.259 e. The van der Waals surface area contributed by atoms with Crippen LogP contribution in [0, 0.1) is 0 Å². The van der Waals surface area contributed by atoms with Crippen molar-refractivity contribution in [3.05, 3.63) is 63.8 Å². The van der Waals surface area contributed by atoms with Crippen molar-refractivity contribution in [1.82, 2.24) is 19.8 Å². The van der Waals surface area contributed by atoms with Crippen LogP contribution in [0.2, 0.25) is 0 Å². The van der Waals surface area contributed by atoms with Crippen LogP contribution in [0.5, 0.6) is 0 Å². The van der Waals surface area contributed by atoms with Gasteiger partial charge in [0.15, 0.2) is 0 Å². The van der Waals surface area contributed by atoms with Gasteiger partial charge in [0, 0.05) is 43.9 Å². The first kappa shape index (κ1) is 24.2. The zero-order chi connectivity index (χ0) is 23.9. The van der Waals surface area contributed by atoms with Crippen molar-refractivity contribution in [1.29, 1.82) is 0 Å². The molecule has 34 heavy (non-hydrogen) atoms. The molecule has 1 saturated heterocycles. The summed E-state index contributed by atoms with van der Waals surface area (Å²) in [5.74, 6) is -0.675. The molecule has 4 rings (SSSR count). The van der Waals surface area contributed by atoms with Crippen molar-refractivity contribution in [3.8, 4) is 0 Å². The van der Waals surface area contributed by atoms with Gasteiger partial charge in [-0.3, -0.25) is 19.4 Å². The minimum Gasteiger partial charge on any atom is -0.352 e. The number of nitrogens with zero attached hydrogens (tertiary/aromatic N) is 3. The summed E-state index contributed by atoms with van der Waals surface area (Å²) in [5, 5.41) is 2.87. The Morgan fingerprint density at radius 2 is 1.82 bits per heavy atom. The summed E-state index contributed by atoms with van der Waals surface area (Å²) < 4.78 is 1.96. The van der Waals surface area contributed by atoms with Gasteiger partial charge in [0.1, 0.15) is 11.1 Å². The van der Waals surface area contributed by atoms with Crippen molar-refractivity contribution >= 4 is 11.8 Å². The molecule has 0 radical (unpaired) electrons. The van der Waals surface area contributed by atoms with Crippen LogP contribution < -0.4 is 10.7 Å². The molecule has 1 aliphatic heterocycles. The van der Waals surface area contributed by atoms with E-state index in [2.05, 4.69) is 17.2 Å². The predicted molar refractivity (Wildman–Crippen MR) is 132 cm³/mol.